The van der Waals surface area contributed by atoms with Crippen molar-refractivity contribution in [3.63, 3.8) is 0 Å². The Morgan fingerprint density at radius 2 is 1.68 bits per heavy atom. The van der Waals surface area contributed by atoms with Crippen LogP contribution >= 0.6 is 0 Å². The van der Waals surface area contributed by atoms with Crippen LogP contribution in [0.1, 0.15) is 38.7 Å². The van der Waals surface area contributed by atoms with Crippen LogP contribution in [0.5, 0.6) is 0 Å². The second kappa shape index (κ2) is 9.30. The van der Waals surface area contributed by atoms with Gasteiger partial charge in [0.1, 0.15) is 0 Å². The molecule has 0 bridgehead atoms. The highest BCUT2D eigenvalue weighted by Gasteiger charge is 2.17. The maximum absolute atomic E-state index is 12.5. The van der Waals surface area contributed by atoms with Crippen LogP contribution in [0.3, 0.4) is 0 Å². The minimum atomic E-state index is -0.633. The number of benzene rings is 1. The summed E-state index contributed by atoms with van der Waals surface area (Å²) in [6, 6.07) is 13.2. The van der Waals surface area contributed by atoms with Gasteiger partial charge in [-0.25, -0.2) is 19.1 Å². The van der Waals surface area contributed by atoms with E-state index in [0.29, 0.717) is 17.2 Å². The number of aryl methyl sites for hydroxylation is 4. The highest BCUT2D eigenvalue weighted by atomic mass is 16.5. The average Bonchev–Trinajstić information content (AvgIpc) is 3.30. The van der Waals surface area contributed by atoms with Gasteiger partial charge >= 0.3 is 5.97 Å². The molecule has 0 aliphatic rings. The van der Waals surface area contributed by atoms with Crippen molar-refractivity contribution < 1.29 is 14.3 Å². The molecule has 0 saturated carbocycles. The number of hydrogen-bond acceptors (Lipinski definition) is 6. The molecule has 0 aliphatic heterocycles. The van der Waals surface area contributed by atoms with Gasteiger partial charge < -0.3 is 10.1 Å². The van der Waals surface area contributed by atoms with Gasteiger partial charge in [-0.1, -0.05) is 17.7 Å². The molecule has 0 atom stereocenters. The zero-order chi connectivity index (χ0) is 24.4. The van der Waals surface area contributed by atoms with E-state index in [-0.39, 0.29) is 5.56 Å². The van der Waals surface area contributed by atoms with Gasteiger partial charge in [-0.05, 0) is 65.0 Å². The van der Waals surface area contributed by atoms with E-state index in [4.69, 9.17) is 4.74 Å². The minimum Gasteiger partial charge on any atom is -0.452 e. The summed E-state index contributed by atoms with van der Waals surface area (Å²) in [5.41, 5.74) is 6.16. The van der Waals surface area contributed by atoms with Crippen molar-refractivity contribution >= 4 is 17.6 Å². The first-order valence-electron chi connectivity index (χ1n) is 10.8. The number of esters is 1. The molecule has 174 valence electrons. The average molecular weight is 459 g/mol. The second-order valence-electron chi connectivity index (χ2n) is 8.16. The molecule has 0 unspecified atom stereocenters. The van der Waals surface area contributed by atoms with Crippen LogP contribution in [0.2, 0.25) is 0 Å². The van der Waals surface area contributed by atoms with Gasteiger partial charge in [0.25, 0.3) is 5.91 Å². The summed E-state index contributed by atoms with van der Waals surface area (Å²) in [5, 5.41) is 11.7. The van der Waals surface area contributed by atoms with Crippen LogP contribution in [-0.4, -0.2) is 43.0 Å². The van der Waals surface area contributed by atoms with Crippen LogP contribution in [0.25, 0.3) is 11.5 Å². The Bertz CT molecular complexity index is 1350. The molecule has 9 nitrogen and oxygen atoms in total. The fraction of sp³-hybridized carbons (Fsp3) is 0.240. The molecule has 4 aromatic rings. The van der Waals surface area contributed by atoms with Gasteiger partial charge in [-0.3, -0.25) is 4.79 Å². The highest BCUT2D eigenvalue weighted by Crippen LogP contribution is 2.23. The first kappa shape index (κ1) is 22.9. The molecule has 3 heterocycles. The lowest BCUT2D eigenvalue weighted by molar-refractivity contribution is -0.119. The number of carbonyl (C=O) groups excluding carboxylic acids is 2. The van der Waals surface area contributed by atoms with Crippen LogP contribution in [0.4, 0.5) is 5.69 Å². The van der Waals surface area contributed by atoms with E-state index < -0.39 is 18.5 Å². The molecule has 0 saturated heterocycles. The van der Waals surface area contributed by atoms with Gasteiger partial charge in [0.15, 0.2) is 12.4 Å². The predicted molar refractivity (Wildman–Crippen MR) is 128 cm³/mol. The number of ether oxygens (including phenoxy) is 1. The maximum Gasteiger partial charge on any atom is 0.340 e. The van der Waals surface area contributed by atoms with E-state index in [2.05, 4.69) is 20.5 Å². The van der Waals surface area contributed by atoms with E-state index in [1.807, 2.05) is 65.0 Å². The summed E-state index contributed by atoms with van der Waals surface area (Å²) < 4.78 is 8.64. The van der Waals surface area contributed by atoms with Crippen LogP contribution in [0, 0.1) is 34.6 Å². The number of nitrogens with one attached hydrogen (secondary N) is 1. The van der Waals surface area contributed by atoms with Gasteiger partial charge in [0.05, 0.1) is 34.0 Å². The summed E-state index contributed by atoms with van der Waals surface area (Å²) >= 11 is 0. The molecule has 3 aromatic heterocycles. The van der Waals surface area contributed by atoms with Crippen LogP contribution in [-0.2, 0) is 9.53 Å². The zero-order valence-electron chi connectivity index (χ0n) is 19.8. The zero-order valence-corrected chi connectivity index (χ0v) is 19.8. The van der Waals surface area contributed by atoms with Gasteiger partial charge in [0, 0.05) is 11.9 Å². The number of rotatable bonds is 6. The lowest BCUT2D eigenvalue weighted by Gasteiger charge is -2.09. The van der Waals surface area contributed by atoms with Crippen molar-refractivity contribution in [1.82, 2.24) is 24.5 Å². The van der Waals surface area contributed by atoms with E-state index in [9.17, 15) is 9.59 Å². The van der Waals surface area contributed by atoms with Crippen LogP contribution in [0.15, 0.2) is 48.7 Å². The highest BCUT2D eigenvalue weighted by molar-refractivity contribution is 5.96. The molecule has 0 aliphatic carbocycles. The number of amides is 1. The molecule has 34 heavy (non-hydrogen) atoms. The third kappa shape index (κ3) is 4.73. The summed E-state index contributed by atoms with van der Waals surface area (Å²) in [6.07, 6.45) is 1.41. The Hall–Kier alpha value is -4.27. The van der Waals surface area contributed by atoms with Crippen molar-refractivity contribution in [3.05, 3.63) is 82.6 Å². The predicted octanol–water partition coefficient (Wildman–Crippen LogP) is 3.79. The third-order valence-corrected chi connectivity index (χ3v) is 5.38. The van der Waals surface area contributed by atoms with E-state index in [0.717, 1.165) is 28.3 Å². The molecule has 0 spiro atoms. The quantitative estimate of drug-likeness (QED) is 0.441. The van der Waals surface area contributed by atoms with E-state index in [1.165, 1.54) is 6.20 Å². The molecule has 1 amide bonds. The van der Waals surface area contributed by atoms with Crippen molar-refractivity contribution in [2.75, 3.05) is 11.9 Å². The van der Waals surface area contributed by atoms with Crippen molar-refractivity contribution in [2.45, 2.75) is 34.6 Å². The first-order valence-corrected chi connectivity index (χ1v) is 10.8. The topological polar surface area (TPSA) is 104 Å². The number of nitrogens with zero attached hydrogens (tertiary/aromatic N) is 5. The molecular weight excluding hydrogens is 432 g/mol. The fourth-order valence-electron chi connectivity index (χ4n) is 3.64. The summed E-state index contributed by atoms with van der Waals surface area (Å²) in [4.78, 5) is 29.1. The Balaban J connectivity index is 1.38. The largest absolute Gasteiger partial charge is 0.452 e. The Kier molecular flexibility index (Phi) is 6.27. The fourth-order valence-corrected chi connectivity index (χ4v) is 3.64. The standard InChI is InChI=1S/C25H26N6O3/c1-15-6-9-21(10-7-15)31-19(5)24(18(4)29-31)27-23(32)14-34-25(33)20-8-11-22(26-13-20)30-17(3)12-16(2)28-30/h6-13H,14H2,1-5H3,(H,27,32). The summed E-state index contributed by atoms with van der Waals surface area (Å²) in [7, 11) is 0. The molecule has 1 N–H and O–H groups in total. The van der Waals surface area contributed by atoms with Gasteiger partial charge in [-0.15, -0.1) is 0 Å². The second-order valence-corrected chi connectivity index (χ2v) is 8.16. The molecule has 1 aromatic carbocycles. The number of anilines is 1. The van der Waals surface area contributed by atoms with Crippen molar-refractivity contribution in [1.29, 1.82) is 0 Å². The van der Waals surface area contributed by atoms with Crippen molar-refractivity contribution in [2.24, 2.45) is 0 Å². The lowest BCUT2D eigenvalue weighted by atomic mass is 10.2. The third-order valence-electron chi connectivity index (χ3n) is 5.38. The molecule has 0 fully saturated rings. The lowest BCUT2D eigenvalue weighted by Crippen LogP contribution is -2.21. The Morgan fingerprint density at radius 3 is 2.29 bits per heavy atom. The number of carbonyl (C=O) groups is 2. The number of aromatic nitrogens is 5. The maximum atomic E-state index is 12.5. The Labute approximate surface area is 197 Å². The van der Waals surface area contributed by atoms with Crippen LogP contribution < -0.4 is 5.32 Å². The normalized spacial score (nSPS) is 10.9. The van der Waals surface area contributed by atoms with Gasteiger partial charge in [0.2, 0.25) is 0 Å². The SMILES string of the molecule is Cc1ccc(-n2nc(C)c(NC(=O)COC(=O)c3ccc(-n4nc(C)cc4C)nc3)c2C)cc1. The molecular formula is C25H26N6O3. The van der Waals surface area contributed by atoms with Gasteiger partial charge in [-0.2, -0.15) is 10.2 Å². The smallest absolute Gasteiger partial charge is 0.340 e. The summed E-state index contributed by atoms with van der Waals surface area (Å²) in [6.45, 7) is 9.11. The van der Waals surface area contributed by atoms with Crippen molar-refractivity contribution in [3.8, 4) is 11.5 Å². The minimum absolute atomic E-state index is 0.248. The number of hydrogen-bond donors (Lipinski definition) is 1. The molecule has 4 rings (SSSR count). The summed E-state index contributed by atoms with van der Waals surface area (Å²) in [5.74, 6) is -0.488. The first-order chi connectivity index (χ1) is 16.2. The monoisotopic (exact) mass is 458 g/mol. The number of pyridine rings is 1. The molecule has 9 heteroatoms. The van der Waals surface area contributed by atoms with E-state index in [1.54, 1.807) is 21.5 Å². The van der Waals surface area contributed by atoms with E-state index >= 15 is 0 Å². The molecule has 0 radical (unpaired) electrons. The Morgan fingerprint density at radius 1 is 0.941 bits per heavy atom.